The van der Waals surface area contributed by atoms with E-state index in [1.807, 2.05) is 0 Å². The van der Waals surface area contributed by atoms with Crippen LogP contribution in [-0.4, -0.2) is 75.4 Å². The SMILES string of the molecule is CC1(Cn2ccnn2)CN(c2cc(F)c(N3CCNN(C(=O)Nc4cccnc4)CC3)c(F)c2)C(=O)O1. The fourth-order valence-electron chi connectivity index (χ4n) is 4.40. The minimum absolute atomic E-state index is 0.0523. The smallest absolute Gasteiger partial charge is 0.415 e. The Bertz CT molecular complexity index is 1250. The number of hydrogen-bond donors (Lipinski definition) is 2. The molecule has 14 heteroatoms. The van der Waals surface area contributed by atoms with E-state index in [4.69, 9.17) is 4.74 Å². The largest absolute Gasteiger partial charge is 0.439 e. The van der Waals surface area contributed by atoms with Crippen LogP contribution in [-0.2, 0) is 11.3 Å². The van der Waals surface area contributed by atoms with E-state index in [1.54, 1.807) is 31.5 Å². The van der Waals surface area contributed by atoms with Gasteiger partial charge in [0.1, 0.15) is 11.3 Å². The standard InChI is InChI=1S/C23H25F2N9O3/c1-23(14-32-8-5-27-30-32)15-33(22(36)37-23)17-11-18(24)20(19(25)12-17)31-7-6-28-34(10-9-31)21(35)29-16-3-2-4-26-13-16/h2-5,8,11-13,28H,6-7,9-10,14-15H2,1H3,(H,29,35). The number of amides is 3. The molecular weight excluding hydrogens is 488 g/mol. The zero-order valence-corrected chi connectivity index (χ0v) is 20.0. The van der Waals surface area contributed by atoms with Crippen molar-refractivity contribution < 1.29 is 23.1 Å². The third-order valence-electron chi connectivity index (χ3n) is 6.08. The van der Waals surface area contributed by atoms with Gasteiger partial charge in [-0.15, -0.1) is 5.10 Å². The predicted molar refractivity (Wildman–Crippen MR) is 129 cm³/mol. The Kier molecular flexibility index (Phi) is 6.56. The number of ether oxygens (including phenoxy) is 1. The fourth-order valence-corrected chi connectivity index (χ4v) is 4.40. The van der Waals surface area contributed by atoms with Crippen LogP contribution < -0.4 is 20.5 Å². The van der Waals surface area contributed by atoms with E-state index in [0.717, 1.165) is 12.1 Å². The zero-order valence-electron chi connectivity index (χ0n) is 20.0. The first kappa shape index (κ1) is 24.4. The van der Waals surface area contributed by atoms with E-state index >= 15 is 8.78 Å². The molecule has 2 aliphatic heterocycles. The molecule has 1 atom stereocenters. The van der Waals surface area contributed by atoms with Crippen LogP contribution in [0.5, 0.6) is 0 Å². The number of nitrogens with one attached hydrogen (secondary N) is 2. The highest BCUT2D eigenvalue weighted by molar-refractivity contribution is 5.91. The quantitative estimate of drug-likeness (QED) is 0.533. The second kappa shape index (κ2) is 9.97. The fraction of sp³-hybridized carbons (Fsp3) is 0.348. The molecule has 0 spiro atoms. The van der Waals surface area contributed by atoms with Crippen molar-refractivity contribution in [3.8, 4) is 0 Å². The van der Waals surface area contributed by atoms with Crippen molar-refractivity contribution in [2.24, 2.45) is 0 Å². The van der Waals surface area contributed by atoms with Crippen molar-refractivity contribution >= 4 is 29.2 Å². The molecule has 1 aromatic carbocycles. The van der Waals surface area contributed by atoms with Crippen molar-refractivity contribution in [1.82, 2.24) is 30.4 Å². The van der Waals surface area contributed by atoms with Crippen LogP contribution >= 0.6 is 0 Å². The van der Waals surface area contributed by atoms with E-state index in [1.165, 1.54) is 31.9 Å². The maximum Gasteiger partial charge on any atom is 0.415 e. The number of aromatic nitrogens is 4. The number of urea groups is 1. The Morgan fingerprint density at radius 2 is 2.03 bits per heavy atom. The molecule has 0 aliphatic carbocycles. The zero-order chi connectivity index (χ0) is 26.0. The molecule has 3 aromatic rings. The van der Waals surface area contributed by atoms with Crippen LogP contribution in [0.2, 0.25) is 0 Å². The van der Waals surface area contributed by atoms with Gasteiger partial charge in [-0.2, -0.15) is 0 Å². The number of hydrazine groups is 1. The van der Waals surface area contributed by atoms with Crippen molar-refractivity contribution in [1.29, 1.82) is 0 Å². The normalized spacial score (nSPS) is 20.1. The van der Waals surface area contributed by atoms with Crippen molar-refractivity contribution in [3.63, 3.8) is 0 Å². The summed E-state index contributed by atoms with van der Waals surface area (Å²) in [6.07, 6.45) is 5.54. The molecule has 12 nitrogen and oxygen atoms in total. The Balaban J connectivity index is 1.27. The maximum atomic E-state index is 15.2. The molecule has 2 aromatic heterocycles. The molecule has 4 heterocycles. The van der Waals surface area contributed by atoms with E-state index in [-0.39, 0.29) is 50.6 Å². The lowest BCUT2D eigenvalue weighted by atomic mass is 10.1. The van der Waals surface area contributed by atoms with Gasteiger partial charge >= 0.3 is 12.1 Å². The molecule has 1 unspecified atom stereocenters. The van der Waals surface area contributed by atoms with E-state index in [0.29, 0.717) is 5.69 Å². The summed E-state index contributed by atoms with van der Waals surface area (Å²) in [5.74, 6) is -1.64. The average Bonchev–Trinajstić information content (AvgIpc) is 3.38. The van der Waals surface area contributed by atoms with Crippen molar-refractivity contribution in [2.45, 2.75) is 19.1 Å². The minimum Gasteiger partial charge on any atom is -0.439 e. The lowest BCUT2D eigenvalue weighted by Crippen LogP contribution is -2.46. The van der Waals surface area contributed by atoms with Crippen LogP contribution in [0.25, 0.3) is 0 Å². The van der Waals surface area contributed by atoms with Gasteiger partial charge in [-0.1, -0.05) is 5.21 Å². The van der Waals surface area contributed by atoms with Gasteiger partial charge in [0.2, 0.25) is 0 Å². The number of nitrogens with zero attached hydrogens (tertiary/aromatic N) is 7. The molecule has 2 aliphatic rings. The molecule has 5 rings (SSSR count). The lowest BCUT2D eigenvalue weighted by Gasteiger charge is -2.25. The first-order chi connectivity index (χ1) is 17.8. The molecular formula is C23H25F2N9O3. The number of hydrogen-bond acceptors (Lipinski definition) is 8. The summed E-state index contributed by atoms with van der Waals surface area (Å²) in [5, 5.41) is 11.7. The molecule has 194 valence electrons. The van der Waals surface area contributed by atoms with Gasteiger partial charge in [0, 0.05) is 44.2 Å². The minimum atomic E-state index is -0.952. The number of benzene rings is 1. The van der Waals surface area contributed by atoms with Crippen molar-refractivity contribution in [3.05, 3.63) is 60.7 Å². The molecule has 2 fully saturated rings. The summed E-state index contributed by atoms with van der Waals surface area (Å²) in [4.78, 5) is 31.8. The lowest BCUT2D eigenvalue weighted by molar-refractivity contribution is 0.0545. The van der Waals surface area contributed by atoms with E-state index in [9.17, 15) is 9.59 Å². The summed E-state index contributed by atoms with van der Waals surface area (Å²) < 4.78 is 37.5. The van der Waals surface area contributed by atoms with E-state index < -0.39 is 29.4 Å². The number of anilines is 3. The monoisotopic (exact) mass is 513 g/mol. The van der Waals surface area contributed by atoms with Gasteiger partial charge in [0.25, 0.3) is 0 Å². The molecule has 0 bridgehead atoms. The number of rotatable bonds is 5. The Morgan fingerprint density at radius 1 is 1.22 bits per heavy atom. The van der Waals surface area contributed by atoms with Gasteiger partial charge in [-0.25, -0.2) is 28.5 Å². The highest BCUT2D eigenvalue weighted by Crippen LogP contribution is 2.34. The van der Waals surface area contributed by atoms with Gasteiger partial charge in [0.05, 0.1) is 43.4 Å². The third kappa shape index (κ3) is 5.28. The number of carbonyl (C=O) groups excluding carboxylic acids is 2. The number of pyridine rings is 1. The van der Waals surface area contributed by atoms with Crippen LogP contribution in [0.15, 0.2) is 49.1 Å². The Hall–Kier alpha value is -4.33. The van der Waals surface area contributed by atoms with Gasteiger partial charge < -0.3 is 15.0 Å². The summed E-state index contributed by atoms with van der Waals surface area (Å²) in [5.41, 5.74) is 2.37. The Labute approximate surface area is 210 Å². The molecule has 37 heavy (non-hydrogen) atoms. The first-order valence-corrected chi connectivity index (χ1v) is 11.6. The van der Waals surface area contributed by atoms with Crippen LogP contribution in [0, 0.1) is 11.6 Å². The second-order valence-corrected chi connectivity index (χ2v) is 8.98. The summed E-state index contributed by atoms with van der Waals surface area (Å²) >= 11 is 0. The van der Waals surface area contributed by atoms with Crippen LogP contribution in [0.1, 0.15) is 6.92 Å². The third-order valence-corrected chi connectivity index (χ3v) is 6.08. The van der Waals surface area contributed by atoms with Gasteiger partial charge in [0.15, 0.2) is 11.6 Å². The molecule has 0 saturated carbocycles. The summed E-state index contributed by atoms with van der Waals surface area (Å²) in [6, 6.07) is 5.22. The Morgan fingerprint density at radius 3 is 2.73 bits per heavy atom. The second-order valence-electron chi connectivity index (χ2n) is 8.98. The van der Waals surface area contributed by atoms with Gasteiger partial charge in [-0.3, -0.25) is 14.9 Å². The average molecular weight is 514 g/mol. The number of carbonyl (C=O) groups is 2. The van der Waals surface area contributed by atoms with Crippen molar-refractivity contribution in [2.75, 3.05) is 47.8 Å². The molecule has 2 saturated heterocycles. The van der Waals surface area contributed by atoms with Crippen LogP contribution in [0.3, 0.4) is 0 Å². The molecule has 3 amide bonds. The number of halogens is 2. The predicted octanol–water partition coefficient (Wildman–Crippen LogP) is 2.23. The summed E-state index contributed by atoms with van der Waals surface area (Å²) in [7, 11) is 0. The highest BCUT2D eigenvalue weighted by Gasteiger charge is 2.43. The molecule has 2 N–H and O–H groups in total. The topological polar surface area (TPSA) is 121 Å². The highest BCUT2D eigenvalue weighted by atomic mass is 19.1. The number of cyclic esters (lactones) is 1. The van der Waals surface area contributed by atoms with E-state index in [2.05, 4.69) is 26.0 Å². The maximum absolute atomic E-state index is 15.2. The molecule has 0 radical (unpaired) electrons. The van der Waals surface area contributed by atoms with Crippen LogP contribution in [0.4, 0.5) is 35.4 Å². The van der Waals surface area contributed by atoms with Gasteiger partial charge in [-0.05, 0) is 19.1 Å². The summed E-state index contributed by atoms with van der Waals surface area (Å²) in [6.45, 7) is 2.93. The first-order valence-electron chi connectivity index (χ1n) is 11.6.